The molecule has 0 radical (unpaired) electrons. The molecule has 1 aliphatic carbocycles. The lowest BCUT2D eigenvalue weighted by atomic mass is 9.85. The molecule has 0 fully saturated rings. The van der Waals surface area contributed by atoms with Crippen LogP contribution in [-0.4, -0.2) is 15.6 Å². The number of hydrogen-bond donors (Lipinski definition) is 2. The molecule has 30 heavy (non-hydrogen) atoms. The number of benzene rings is 2. The number of nitrogens with one attached hydrogen (secondary N) is 2. The van der Waals surface area contributed by atoms with E-state index in [9.17, 15) is 9.59 Å². The number of hydrogen-bond acceptors (Lipinski definition) is 5. The summed E-state index contributed by atoms with van der Waals surface area (Å²) in [5.41, 5.74) is 4.18. The molecule has 0 saturated heterocycles. The molecule has 1 unspecified atom stereocenters. The second-order valence-corrected chi connectivity index (χ2v) is 7.65. The van der Waals surface area contributed by atoms with Gasteiger partial charge < -0.3 is 5.32 Å². The van der Waals surface area contributed by atoms with E-state index in [-0.39, 0.29) is 23.1 Å². The van der Waals surface area contributed by atoms with Crippen LogP contribution in [0.25, 0.3) is 0 Å². The molecule has 1 aromatic heterocycles. The zero-order valence-corrected chi connectivity index (χ0v) is 16.6. The van der Waals surface area contributed by atoms with Crippen LogP contribution in [0.2, 0.25) is 0 Å². The molecule has 0 amide bonds. The minimum Gasteiger partial charge on any atom is -0.342 e. The SMILES string of the molecule is Cc1ccc(N=Nc2c3n([nH]c2=O)C(c2ccccc2)C2=C(CCCC2=O)N3)cc1. The van der Waals surface area contributed by atoms with Crippen LogP contribution in [0.15, 0.2) is 80.9 Å². The highest BCUT2D eigenvalue weighted by molar-refractivity contribution is 5.99. The predicted octanol–water partition coefficient (Wildman–Crippen LogP) is 4.92. The molecule has 7 heteroatoms. The third-order valence-electron chi connectivity index (χ3n) is 5.57. The van der Waals surface area contributed by atoms with Gasteiger partial charge in [-0.2, -0.15) is 5.11 Å². The van der Waals surface area contributed by atoms with Gasteiger partial charge in [0.15, 0.2) is 17.3 Å². The van der Waals surface area contributed by atoms with Gasteiger partial charge in [0.1, 0.15) is 6.04 Å². The van der Waals surface area contributed by atoms with Gasteiger partial charge in [-0.05, 0) is 37.5 Å². The Morgan fingerprint density at radius 1 is 0.967 bits per heavy atom. The molecule has 1 aliphatic heterocycles. The number of ketones is 1. The summed E-state index contributed by atoms with van der Waals surface area (Å²) in [7, 11) is 0. The maximum absolute atomic E-state index is 12.8. The molecular formula is C23H21N5O2. The normalized spacial score (nSPS) is 18.3. The number of Topliss-reactive ketones (excluding diaryl/α,β-unsaturated/α-hetero) is 1. The number of carbonyl (C=O) groups is 1. The molecule has 3 aromatic rings. The van der Waals surface area contributed by atoms with Gasteiger partial charge in [0.25, 0.3) is 5.56 Å². The van der Waals surface area contributed by atoms with Crippen molar-refractivity contribution >= 4 is 23.0 Å². The number of carbonyl (C=O) groups excluding carboxylic acids is 1. The van der Waals surface area contributed by atoms with E-state index in [1.165, 1.54) is 0 Å². The van der Waals surface area contributed by atoms with Gasteiger partial charge >= 0.3 is 0 Å². The summed E-state index contributed by atoms with van der Waals surface area (Å²) in [6.45, 7) is 2.00. The van der Waals surface area contributed by atoms with Crippen LogP contribution in [0.4, 0.5) is 17.2 Å². The Morgan fingerprint density at radius 2 is 1.73 bits per heavy atom. The summed E-state index contributed by atoms with van der Waals surface area (Å²) in [6, 6.07) is 17.0. The van der Waals surface area contributed by atoms with Crippen molar-refractivity contribution in [3.8, 4) is 0 Å². The number of anilines is 1. The molecule has 150 valence electrons. The third kappa shape index (κ3) is 3.08. The quantitative estimate of drug-likeness (QED) is 0.612. The molecule has 0 saturated carbocycles. The number of H-pyrrole nitrogens is 1. The lowest BCUT2D eigenvalue weighted by Gasteiger charge is -2.33. The van der Waals surface area contributed by atoms with Crippen LogP contribution in [0.1, 0.15) is 36.4 Å². The average molecular weight is 399 g/mol. The van der Waals surface area contributed by atoms with Crippen molar-refractivity contribution in [1.82, 2.24) is 9.78 Å². The number of azo groups is 1. The van der Waals surface area contributed by atoms with E-state index in [2.05, 4.69) is 20.6 Å². The fraction of sp³-hybridized carbons (Fsp3) is 0.217. The highest BCUT2D eigenvalue weighted by atomic mass is 16.1. The summed E-state index contributed by atoms with van der Waals surface area (Å²) >= 11 is 0. The Hall–Kier alpha value is -3.74. The van der Waals surface area contributed by atoms with Crippen molar-refractivity contribution in [1.29, 1.82) is 0 Å². The first-order valence-corrected chi connectivity index (χ1v) is 10.0. The first kappa shape index (κ1) is 18.3. The molecular weight excluding hydrogens is 378 g/mol. The van der Waals surface area contributed by atoms with Crippen molar-refractivity contribution in [3.05, 3.63) is 87.3 Å². The first-order chi connectivity index (χ1) is 14.6. The van der Waals surface area contributed by atoms with Crippen LogP contribution in [0.5, 0.6) is 0 Å². The largest absolute Gasteiger partial charge is 0.342 e. The Bertz CT molecular complexity index is 1230. The smallest absolute Gasteiger partial charge is 0.294 e. The number of aromatic nitrogens is 2. The molecule has 7 nitrogen and oxygen atoms in total. The second-order valence-electron chi connectivity index (χ2n) is 7.65. The van der Waals surface area contributed by atoms with Gasteiger partial charge in [-0.1, -0.05) is 48.0 Å². The Labute approximate surface area is 173 Å². The van der Waals surface area contributed by atoms with Gasteiger partial charge in [0, 0.05) is 17.7 Å². The molecule has 1 atom stereocenters. The number of fused-ring (bicyclic) bond motifs is 1. The monoisotopic (exact) mass is 399 g/mol. The van der Waals surface area contributed by atoms with Crippen LogP contribution in [-0.2, 0) is 4.79 Å². The van der Waals surface area contributed by atoms with E-state index in [1.807, 2.05) is 61.5 Å². The van der Waals surface area contributed by atoms with E-state index in [4.69, 9.17) is 0 Å². The lowest BCUT2D eigenvalue weighted by molar-refractivity contribution is -0.116. The second kappa shape index (κ2) is 7.26. The Kier molecular flexibility index (Phi) is 4.43. The highest BCUT2D eigenvalue weighted by Gasteiger charge is 2.37. The van der Waals surface area contributed by atoms with Crippen molar-refractivity contribution in [2.75, 3.05) is 5.32 Å². The van der Waals surface area contributed by atoms with Crippen molar-refractivity contribution < 1.29 is 4.79 Å². The van der Waals surface area contributed by atoms with E-state index in [1.54, 1.807) is 4.68 Å². The van der Waals surface area contributed by atoms with Crippen molar-refractivity contribution in [2.45, 2.75) is 32.2 Å². The summed E-state index contributed by atoms with van der Waals surface area (Å²) in [5, 5.41) is 14.7. The van der Waals surface area contributed by atoms with Gasteiger partial charge in [0.2, 0.25) is 0 Å². The number of rotatable bonds is 3. The number of nitrogens with zero attached hydrogens (tertiary/aromatic N) is 3. The summed E-state index contributed by atoms with van der Waals surface area (Å²) in [4.78, 5) is 25.6. The molecule has 5 rings (SSSR count). The van der Waals surface area contributed by atoms with Gasteiger partial charge in [0.05, 0.1) is 5.69 Å². The van der Waals surface area contributed by atoms with Crippen LogP contribution >= 0.6 is 0 Å². The van der Waals surface area contributed by atoms with Crippen LogP contribution in [0.3, 0.4) is 0 Å². The lowest BCUT2D eigenvalue weighted by Crippen LogP contribution is -2.31. The average Bonchev–Trinajstić information content (AvgIpc) is 3.07. The van der Waals surface area contributed by atoms with Crippen molar-refractivity contribution in [3.63, 3.8) is 0 Å². The van der Waals surface area contributed by atoms with Gasteiger partial charge in [-0.25, -0.2) is 0 Å². The van der Waals surface area contributed by atoms with Crippen LogP contribution < -0.4 is 10.9 Å². The molecule has 0 bridgehead atoms. The summed E-state index contributed by atoms with van der Waals surface area (Å²) < 4.78 is 1.71. The molecule has 0 spiro atoms. The summed E-state index contributed by atoms with van der Waals surface area (Å²) in [6.07, 6.45) is 2.07. The zero-order chi connectivity index (χ0) is 20.7. The molecule has 2 heterocycles. The van der Waals surface area contributed by atoms with Crippen molar-refractivity contribution in [2.24, 2.45) is 10.2 Å². The zero-order valence-electron chi connectivity index (χ0n) is 16.6. The topological polar surface area (TPSA) is 91.6 Å². The Balaban J connectivity index is 1.63. The minimum absolute atomic E-state index is 0.112. The number of allylic oxidation sites excluding steroid dienone is 2. The minimum atomic E-state index is -0.388. The van der Waals surface area contributed by atoms with Gasteiger partial charge in [-0.3, -0.25) is 19.4 Å². The highest BCUT2D eigenvalue weighted by Crippen LogP contribution is 2.42. The maximum Gasteiger partial charge on any atom is 0.294 e. The van der Waals surface area contributed by atoms with E-state index < -0.39 is 0 Å². The molecule has 2 N–H and O–H groups in total. The predicted molar refractivity (Wildman–Crippen MR) is 114 cm³/mol. The summed E-state index contributed by atoms with van der Waals surface area (Å²) in [5.74, 6) is 0.652. The maximum atomic E-state index is 12.8. The number of aryl methyl sites for hydroxylation is 1. The van der Waals surface area contributed by atoms with E-state index >= 15 is 0 Å². The molecule has 2 aromatic carbocycles. The fourth-order valence-corrected chi connectivity index (χ4v) is 4.10. The van der Waals surface area contributed by atoms with Gasteiger partial charge in [-0.15, -0.1) is 5.11 Å². The number of aromatic amines is 1. The fourth-order valence-electron chi connectivity index (χ4n) is 4.10. The molecule has 2 aliphatic rings. The third-order valence-corrected chi connectivity index (χ3v) is 5.57. The van der Waals surface area contributed by atoms with E-state index in [0.29, 0.717) is 23.5 Å². The van der Waals surface area contributed by atoms with E-state index in [0.717, 1.165) is 29.7 Å². The standard InChI is InChI=1S/C23H21N5O2/c1-14-10-12-16(13-11-14)25-26-20-22-24-17-8-5-9-18(29)19(17)21(28(22)27-23(20)30)15-6-3-2-4-7-15/h2-4,6-7,10-13,21,24H,5,8-9H2,1H3,(H,27,30). The van der Waals surface area contributed by atoms with Crippen LogP contribution in [0, 0.1) is 6.92 Å². The Morgan fingerprint density at radius 3 is 2.50 bits per heavy atom. The first-order valence-electron chi connectivity index (χ1n) is 10.0.